The molecule has 5 aromatic heterocycles. The molecule has 2 saturated carbocycles. The van der Waals surface area contributed by atoms with Crippen LogP contribution in [-0.4, -0.2) is 111 Å². The molecule has 19 heteroatoms. The number of fused-ring (bicyclic) bond motifs is 3. The minimum atomic E-state index is 0.000610. The molecule has 13 rings (SSSR count). The highest BCUT2D eigenvalue weighted by molar-refractivity contribution is 6.37. The minimum absolute atomic E-state index is 0.000610. The average molecular weight is 1070 g/mol. The van der Waals surface area contributed by atoms with Crippen LogP contribution in [0.5, 0.6) is 0 Å². The topological polar surface area (TPSA) is 213 Å². The number of H-pyrrole nitrogens is 2. The van der Waals surface area contributed by atoms with Gasteiger partial charge in [0.25, 0.3) is 0 Å². The van der Waals surface area contributed by atoms with Crippen LogP contribution in [0.25, 0.3) is 77.5 Å². The van der Waals surface area contributed by atoms with Crippen LogP contribution in [0.2, 0.25) is 10.0 Å². The van der Waals surface area contributed by atoms with E-state index < -0.39 is 0 Å². The summed E-state index contributed by atoms with van der Waals surface area (Å²) in [6.07, 6.45) is 8.74. The van der Waals surface area contributed by atoms with Gasteiger partial charge in [-0.05, 0) is 101 Å². The van der Waals surface area contributed by atoms with E-state index >= 15 is 0 Å². The summed E-state index contributed by atoms with van der Waals surface area (Å²) in [6.45, 7) is 19.8. The van der Waals surface area contributed by atoms with Crippen LogP contribution in [0.1, 0.15) is 60.3 Å². The molecule has 0 unspecified atom stereocenters. The van der Waals surface area contributed by atoms with Crippen molar-refractivity contribution in [1.82, 2.24) is 59.5 Å². The Hall–Kier alpha value is -7.73. The maximum absolute atomic E-state index is 12.1. The van der Waals surface area contributed by atoms with Crippen LogP contribution < -0.4 is 11.5 Å². The molecule has 0 bridgehead atoms. The molecule has 77 heavy (non-hydrogen) atoms. The Morgan fingerprint density at radius 2 is 1.17 bits per heavy atom. The maximum Gasteiger partial charge on any atom is 0.245 e. The van der Waals surface area contributed by atoms with Crippen molar-refractivity contribution >= 4 is 79.4 Å². The standard InChI is InChI=1S/C31H33ClN8O2.C27H27ClN6O/c1-5-24(41)38-15-31(16-38)12-21(13-31)40-18(3)25(27-26-23(34-35-30(26)33)10-17(2)28(27)32)29(37-40)19-6-7-22-20(11-19)14-39(36-22)8-9-42-4;1-4-20(35)33-13-27(14-33)11-18(12-27)34-16(3)21(25(32-34)17-8-6-5-7-9-17)23-22-19(30-31-26(22)29)10-15(2)24(23)28/h5-7,10-11,14,21H,1,8-9,12-13,15-16H2,2-4H3,(H3,33,34,35);4-10,18H,1,11-14H2,2-3H3,(H3,29,30,31). The number of aromatic amines is 2. The van der Waals surface area contributed by atoms with Gasteiger partial charge in [-0.2, -0.15) is 25.5 Å². The van der Waals surface area contributed by atoms with E-state index in [0.717, 1.165) is 152 Å². The number of carbonyl (C=O) groups is 2. The molecule has 2 amide bonds. The second-order valence-electron chi connectivity index (χ2n) is 21.8. The largest absolute Gasteiger partial charge is 0.383 e. The van der Waals surface area contributed by atoms with Crippen molar-refractivity contribution in [1.29, 1.82) is 0 Å². The van der Waals surface area contributed by atoms with Crippen molar-refractivity contribution in [2.75, 3.05) is 51.4 Å². The molecule has 7 heterocycles. The van der Waals surface area contributed by atoms with E-state index in [1.165, 1.54) is 12.2 Å². The number of halogens is 2. The lowest BCUT2D eigenvalue weighted by molar-refractivity contribution is -0.149. The van der Waals surface area contributed by atoms with E-state index in [4.69, 9.17) is 54.7 Å². The number of amides is 2. The normalized spacial score (nSPS) is 16.6. The smallest absolute Gasteiger partial charge is 0.245 e. The lowest BCUT2D eigenvalue weighted by Gasteiger charge is -2.58. The number of nitrogens with zero attached hydrogens (tertiary/aromatic N) is 10. The molecule has 9 aromatic rings. The van der Waals surface area contributed by atoms with Crippen molar-refractivity contribution in [3.8, 4) is 44.8 Å². The van der Waals surface area contributed by atoms with Gasteiger partial charge in [-0.1, -0.05) is 72.8 Å². The zero-order valence-electron chi connectivity index (χ0n) is 43.8. The fraction of sp³-hybridized carbons (Fsp3) is 0.328. The third-order valence-electron chi connectivity index (χ3n) is 16.6. The zero-order valence-corrected chi connectivity index (χ0v) is 45.3. The summed E-state index contributed by atoms with van der Waals surface area (Å²) in [5.74, 6) is 0.838. The molecule has 4 aliphatic rings. The van der Waals surface area contributed by atoms with Crippen molar-refractivity contribution in [2.24, 2.45) is 10.8 Å². The predicted molar refractivity (Wildman–Crippen MR) is 303 cm³/mol. The molecular weight excluding hydrogens is 1010 g/mol. The van der Waals surface area contributed by atoms with Gasteiger partial charge in [-0.25, -0.2) is 0 Å². The zero-order chi connectivity index (χ0) is 53.8. The van der Waals surface area contributed by atoms with Crippen LogP contribution in [0.3, 0.4) is 0 Å². The maximum atomic E-state index is 12.1. The van der Waals surface area contributed by atoms with E-state index in [2.05, 4.69) is 81.0 Å². The SMILES string of the molecule is C=CC(=O)N1CC2(CC(n3nc(-c4ccc5nn(CCOC)cc5c4)c(-c4c(Cl)c(C)cc5[nH]nc(N)c45)c3C)C2)C1.C=CC(=O)N1CC2(CC(n3nc(-c4ccccc4)c(-c4c(Cl)c(C)cc5[nH]nc(N)c45)c3C)C2)C1. The Morgan fingerprint density at radius 3 is 1.64 bits per heavy atom. The third-order valence-corrected chi connectivity index (χ3v) is 17.6. The van der Waals surface area contributed by atoms with Crippen molar-refractivity contribution in [2.45, 2.75) is 72.0 Å². The highest BCUT2D eigenvalue weighted by atomic mass is 35.5. The first-order valence-corrected chi connectivity index (χ1v) is 26.7. The molecule has 4 fully saturated rings. The summed E-state index contributed by atoms with van der Waals surface area (Å²) in [5.41, 5.74) is 27.0. The third kappa shape index (κ3) is 8.20. The summed E-state index contributed by atoms with van der Waals surface area (Å²) in [5, 5.41) is 33.7. The number of nitrogens with two attached hydrogens (primary N) is 2. The van der Waals surface area contributed by atoms with Crippen molar-refractivity contribution in [3.05, 3.63) is 125 Å². The quantitative estimate of drug-likeness (QED) is 0.0900. The second kappa shape index (κ2) is 18.8. The number of hydrogen-bond acceptors (Lipinski definition) is 10. The van der Waals surface area contributed by atoms with Gasteiger partial charge in [0, 0.05) is 100 Å². The minimum Gasteiger partial charge on any atom is -0.383 e. The molecule has 17 nitrogen and oxygen atoms in total. The van der Waals surface area contributed by atoms with Gasteiger partial charge >= 0.3 is 0 Å². The van der Waals surface area contributed by atoms with Gasteiger partial charge in [-0.3, -0.25) is 33.8 Å². The molecule has 2 aliphatic heterocycles. The first-order valence-electron chi connectivity index (χ1n) is 25.9. The Balaban J connectivity index is 0.000000157. The summed E-state index contributed by atoms with van der Waals surface area (Å²) in [7, 11) is 1.69. The molecule has 6 N–H and O–H groups in total. The van der Waals surface area contributed by atoms with Gasteiger partial charge in [-0.15, -0.1) is 0 Å². The monoisotopic (exact) mass is 1070 g/mol. The molecule has 0 atom stereocenters. The number of carbonyl (C=O) groups excluding carboxylic acids is 2. The number of nitrogen functional groups attached to an aromatic ring is 2. The number of aryl methyl sites for hydroxylation is 2. The Bertz CT molecular complexity index is 3870. The van der Waals surface area contributed by atoms with Crippen LogP contribution >= 0.6 is 23.2 Å². The fourth-order valence-corrected chi connectivity index (χ4v) is 13.3. The molecule has 0 radical (unpaired) electrons. The number of methoxy groups -OCH3 is 1. The number of aromatic nitrogens is 10. The number of likely N-dealkylation sites (tertiary alicyclic amines) is 2. The van der Waals surface area contributed by atoms with Crippen LogP contribution in [0, 0.1) is 38.5 Å². The lowest BCUT2D eigenvalue weighted by Crippen LogP contribution is -2.63. The first-order chi connectivity index (χ1) is 37.0. The number of rotatable bonds is 11. The van der Waals surface area contributed by atoms with E-state index in [0.29, 0.717) is 34.8 Å². The Kier molecular flexibility index (Phi) is 12.2. The molecule has 394 valence electrons. The Labute approximate surface area is 454 Å². The lowest BCUT2D eigenvalue weighted by atomic mass is 9.60. The van der Waals surface area contributed by atoms with Crippen molar-refractivity contribution in [3.63, 3.8) is 0 Å². The van der Waals surface area contributed by atoms with Crippen LogP contribution in [-0.2, 0) is 20.9 Å². The average Bonchev–Trinajstić information content (AvgIpc) is 4.24. The summed E-state index contributed by atoms with van der Waals surface area (Å²) in [4.78, 5) is 27.7. The summed E-state index contributed by atoms with van der Waals surface area (Å²) >= 11 is 14.0. The first kappa shape index (κ1) is 50.1. The van der Waals surface area contributed by atoms with Gasteiger partial charge in [0.15, 0.2) is 11.6 Å². The molecule has 2 spiro atoms. The van der Waals surface area contributed by atoms with Gasteiger partial charge in [0.05, 0.1) is 62.6 Å². The van der Waals surface area contributed by atoms with Crippen LogP contribution in [0.15, 0.2) is 92.2 Å². The van der Waals surface area contributed by atoms with Gasteiger partial charge in [0.2, 0.25) is 11.8 Å². The number of hydrogen-bond donors (Lipinski definition) is 4. The second-order valence-corrected chi connectivity index (χ2v) is 22.5. The molecule has 2 aliphatic carbocycles. The van der Waals surface area contributed by atoms with Crippen molar-refractivity contribution < 1.29 is 14.3 Å². The summed E-state index contributed by atoms with van der Waals surface area (Å²) < 4.78 is 11.4. The van der Waals surface area contributed by atoms with Gasteiger partial charge in [0.1, 0.15) is 11.4 Å². The molecule has 4 aromatic carbocycles. The van der Waals surface area contributed by atoms with E-state index in [9.17, 15) is 9.59 Å². The number of nitrogens with one attached hydrogen (secondary N) is 2. The Morgan fingerprint density at radius 1 is 0.688 bits per heavy atom. The van der Waals surface area contributed by atoms with Gasteiger partial charge < -0.3 is 26.0 Å². The highest BCUT2D eigenvalue weighted by Crippen LogP contribution is 2.57. The van der Waals surface area contributed by atoms with E-state index in [1.54, 1.807) is 7.11 Å². The molecule has 2 saturated heterocycles. The summed E-state index contributed by atoms with van der Waals surface area (Å²) in [6, 6.07) is 20.9. The highest BCUT2D eigenvalue weighted by Gasteiger charge is 2.56. The number of benzene rings is 4. The fourth-order valence-electron chi connectivity index (χ4n) is 12.8. The molecular formula is C58H60Cl2N14O3. The van der Waals surface area contributed by atoms with Crippen LogP contribution in [0.4, 0.5) is 11.6 Å². The predicted octanol–water partition coefficient (Wildman–Crippen LogP) is 10.6. The van der Waals surface area contributed by atoms with E-state index in [1.807, 2.05) is 70.9 Å². The number of anilines is 2. The number of ether oxygens (including phenoxy) is 1. The van der Waals surface area contributed by atoms with E-state index in [-0.39, 0.29) is 34.7 Å².